The number of hydrogen-bond acceptors (Lipinski definition) is 3. The molecule has 1 heterocycles. The lowest BCUT2D eigenvalue weighted by Crippen LogP contribution is -2.29. The molecule has 0 saturated carbocycles. The number of hydrogen-bond donors (Lipinski definition) is 1. The number of alkyl halides is 1. The first kappa shape index (κ1) is 13.0. The molecule has 4 atom stereocenters. The van der Waals surface area contributed by atoms with E-state index in [9.17, 15) is 4.39 Å². The van der Waals surface area contributed by atoms with E-state index in [4.69, 9.17) is 15.2 Å². The van der Waals surface area contributed by atoms with Crippen molar-refractivity contribution in [1.82, 2.24) is 0 Å². The first-order chi connectivity index (χ1) is 8.24. The summed E-state index contributed by atoms with van der Waals surface area (Å²) in [5, 5.41) is 0. The van der Waals surface area contributed by atoms with Crippen LogP contribution in [-0.4, -0.2) is 38.1 Å². The number of nitrogens with two attached hydrogens (primary N) is 1. The summed E-state index contributed by atoms with van der Waals surface area (Å²) in [5.41, 5.74) is 6.53. The highest BCUT2D eigenvalue weighted by Crippen LogP contribution is 2.33. The lowest BCUT2D eigenvalue weighted by atomic mass is 9.90. The van der Waals surface area contributed by atoms with E-state index in [1.54, 1.807) is 13.2 Å². The van der Waals surface area contributed by atoms with Crippen molar-refractivity contribution in [3.05, 3.63) is 11.6 Å². The Labute approximate surface area is 102 Å². The predicted molar refractivity (Wildman–Crippen MR) is 64.6 cm³/mol. The molecule has 0 bridgehead atoms. The zero-order valence-electron chi connectivity index (χ0n) is 10.4. The molecule has 1 aliphatic carbocycles. The molecule has 3 unspecified atom stereocenters. The van der Waals surface area contributed by atoms with Gasteiger partial charge >= 0.3 is 0 Å². The normalized spacial score (nSPS) is 38.2. The van der Waals surface area contributed by atoms with Crippen molar-refractivity contribution >= 4 is 0 Å². The Morgan fingerprint density at radius 3 is 2.94 bits per heavy atom. The van der Waals surface area contributed by atoms with Gasteiger partial charge in [0.1, 0.15) is 6.17 Å². The lowest BCUT2D eigenvalue weighted by Gasteiger charge is -2.28. The van der Waals surface area contributed by atoms with Gasteiger partial charge in [0, 0.05) is 7.11 Å². The first-order valence-electron chi connectivity index (χ1n) is 6.48. The Morgan fingerprint density at radius 1 is 1.41 bits per heavy atom. The fraction of sp³-hybridized carbons (Fsp3) is 0.846. The molecule has 1 fully saturated rings. The van der Waals surface area contributed by atoms with Crippen LogP contribution in [-0.2, 0) is 9.47 Å². The van der Waals surface area contributed by atoms with Crippen LogP contribution in [0.3, 0.4) is 0 Å². The van der Waals surface area contributed by atoms with Crippen LogP contribution in [0.25, 0.3) is 0 Å². The summed E-state index contributed by atoms with van der Waals surface area (Å²) in [7, 11) is 1.68. The molecule has 0 radical (unpaired) electrons. The Balaban J connectivity index is 2.00. The molecular weight excluding hydrogens is 221 g/mol. The molecule has 2 aliphatic rings. The number of allylic oxidation sites excluding steroid dienone is 1. The van der Waals surface area contributed by atoms with Crippen LogP contribution in [0.1, 0.15) is 32.1 Å². The second-order valence-corrected chi connectivity index (χ2v) is 4.89. The average molecular weight is 243 g/mol. The highest BCUT2D eigenvalue weighted by molar-refractivity contribution is 5.20. The minimum absolute atomic E-state index is 0.0311. The van der Waals surface area contributed by atoms with Gasteiger partial charge in [-0.3, -0.25) is 0 Å². The van der Waals surface area contributed by atoms with Gasteiger partial charge in [-0.25, -0.2) is 4.39 Å². The van der Waals surface area contributed by atoms with Gasteiger partial charge in [-0.15, -0.1) is 0 Å². The van der Waals surface area contributed by atoms with E-state index in [1.165, 1.54) is 0 Å². The van der Waals surface area contributed by atoms with Crippen molar-refractivity contribution < 1.29 is 13.9 Å². The fourth-order valence-electron chi connectivity index (χ4n) is 2.79. The van der Waals surface area contributed by atoms with Crippen LogP contribution < -0.4 is 5.73 Å². The van der Waals surface area contributed by atoms with E-state index in [0.29, 0.717) is 13.0 Å². The molecule has 2 rings (SSSR count). The molecule has 0 aromatic heterocycles. The highest BCUT2D eigenvalue weighted by atomic mass is 19.1. The van der Waals surface area contributed by atoms with Crippen molar-refractivity contribution in [3.8, 4) is 0 Å². The van der Waals surface area contributed by atoms with Crippen LogP contribution >= 0.6 is 0 Å². The van der Waals surface area contributed by atoms with Gasteiger partial charge in [-0.05, 0) is 50.3 Å². The zero-order chi connectivity index (χ0) is 12.3. The summed E-state index contributed by atoms with van der Waals surface area (Å²) < 4.78 is 24.8. The molecule has 2 N–H and O–H groups in total. The summed E-state index contributed by atoms with van der Waals surface area (Å²) >= 11 is 0. The third kappa shape index (κ3) is 3.06. The Morgan fingerprint density at radius 2 is 2.24 bits per heavy atom. The second kappa shape index (κ2) is 5.94. The molecule has 0 spiro atoms. The first-order valence-corrected chi connectivity index (χ1v) is 6.48. The van der Waals surface area contributed by atoms with Crippen LogP contribution in [0, 0.1) is 0 Å². The molecule has 1 aliphatic heterocycles. The number of halogens is 1. The average Bonchev–Trinajstić information content (AvgIpc) is 2.78. The molecule has 17 heavy (non-hydrogen) atoms. The van der Waals surface area contributed by atoms with E-state index in [-0.39, 0.29) is 18.3 Å². The van der Waals surface area contributed by atoms with Crippen molar-refractivity contribution in [1.29, 1.82) is 0 Å². The second-order valence-electron chi connectivity index (χ2n) is 4.89. The highest BCUT2D eigenvalue weighted by Gasteiger charge is 2.34. The minimum Gasteiger partial charge on any atom is -0.377 e. The lowest BCUT2D eigenvalue weighted by molar-refractivity contribution is 0.0297. The molecule has 3 nitrogen and oxygen atoms in total. The summed E-state index contributed by atoms with van der Waals surface area (Å²) in [6.45, 7) is 0.649. The molecular formula is C13H22FNO2. The van der Waals surface area contributed by atoms with E-state index >= 15 is 0 Å². The van der Waals surface area contributed by atoms with Crippen LogP contribution in [0.2, 0.25) is 0 Å². The third-order valence-corrected chi connectivity index (χ3v) is 3.70. The summed E-state index contributed by atoms with van der Waals surface area (Å²) in [4.78, 5) is 0. The summed E-state index contributed by atoms with van der Waals surface area (Å²) in [6, 6.07) is 0. The van der Waals surface area contributed by atoms with Gasteiger partial charge < -0.3 is 15.2 Å². The van der Waals surface area contributed by atoms with E-state index < -0.39 is 6.17 Å². The van der Waals surface area contributed by atoms with E-state index in [0.717, 1.165) is 31.3 Å². The summed E-state index contributed by atoms with van der Waals surface area (Å²) in [5.74, 6) is 0. The molecule has 0 amide bonds. The van der Waals surface area contributed by atoms with Gasteiger partial charge in [-0.1, -0.05) is 0 Å². The van der Waals surface area contributed by atoms with Crippen LogP contribution in [0.5, 0.6) is 0 Å². The number of rotatable bonds is 4. The minimum atomic E-state index is -0.839. The van der Waals surface area contributed by atoms with Crippen molar-refractivity contribution in [2.24, 2.45) is 5.73 Å². The van der Waals surface area contributed by atoms with Gasteiger partial charge in [0.25, 0.3) is 0 Å². The van der Waals surface area contributed by atoms with E-state index in [1.807, 2.05) is 0 Å². The van der Waals surface area contributed by atoms with Crippen LogP contribution in [0.15, 0.2) is 11.6 Å². The largest absolute Gasteiger partial charge is 0.377 e. The van der Waals surface area contributed by atoms with Crippen LogP contribution in [0.4, 0.5) is 4.39 Å². The SMILES string of the molecule is COC1CCC(F)C=C1C1CC[C@@H](CCN)O1. The number of methoxy groups -OCH3 is 1. The molecule has 4 heteroatoms. The maximum absolute atomic E-state index is 13.4. The van der Waals surface area contributed by atoms with Crippen molar-refractivity contribution in [3.63, 3.8) is 0 Å². The molecule has 0 aromatic carbocycles. The fourth-order valence-corrected chi connectivity index (χ4v) is 2.79. The van der Waals surface area contributed by atoms with Gasteiger partial charge in [-0.2, -0.15) is 0 Å². The zero-order valence-corrected chi connectivity index (χ0v) is 10.4. The molecule has 0 aromatic rings. The third-order valence-electron chi connectivity index (χ3n) is 3.70. The summed E-state index contributed by atoms with van der Waals surface area (Å²) in [6.07, 6.45) is 5.35. The Hall–Kier alpha value is -0.450. The quantitative estimate of drug-likeness (QED) is 0.768. The standard InChI is InChI=1S/C13H22FNO2/c1-16-12-4-2-9(14)8-11(12)13-5-3-10(17-13)6-7-15/h8-10,12-13H,2-7,15H2,1H3/t9?,10-,12?,13?/m0/s1. The van der Waals surface area contributed by atoms with Gasteiger partial charge in [0.2, 0.25) is 0 Å². The molecule has 1 saturated heterocycles. The van der Waals surface area contributed by atoms with Gasteiger partial charge in [0.05, 0.1) is 18.3 Å². The Bertz CT molecular complexity index is 283. The van der Waals surface area contributed by atoms with Crippen molar-refractivity contribution in [2.75, 3.05) is 13.7 Å². The predicted octanol–water partition coefficient (Wildman–Crippen LogP) is 1.96. The number of ether oxygens (including phenoxy) is 2. The Kier molecular flexibility index (Phi) is 4.54. The van der Waals surface area contributed by atoms with Crippen molar-refractivity contribution in [2.45, 2.75) is 56.6 Å². The molecule has 98 valence electrons. The smallest absolute Gasteiger partial charge is 0.119 e. The maximum Gasteiger partial charge on any atom is 0.119 e. The maximum atomic E-state index is 13.4. The monoisotopic (exact) mass is 243 g/mol. The van der Waals surface area contributed by atoms with E-state index in [2.05, 4.69) is 0 Å². The van der Waals surface area contributed by atoms with Gasteiger partial charge in [0.15, 0.2) is 0 Å². The topological polar surface area (TPSA) is 44.5 Å².